The van der Waals surface area contributed by atoms with E-state index in [1.165, 1.54) is 15.5 Å². The average molecular weight is 693 g/mol. The van der Waals surface area contributed by atoms with E-state index in [-0.39, 0.29) is 57.3 Å². The van der Waals surface area contributed by atoms with Crippen LogP contribution in [-0.2, 0) is 0 Å². The lowest BCUT2D eigenvalue weighted by atomic mass is 9.98. The SMILES string of the molecule is [2H]c1c([2H])c([2H])c2c(sc3c([2H])c(-c4ccc(N(c5ccc(-c6ccccc6)cc5)c5ccc(-c6ccccc6)c6c5sc5ccccc56)cc4)c([2H])c([2H])c32)c1[2H]. The molecule has 8 aromatic carbocycles. The maximum absolute atomic E-state index is 9.31. The van der Waals surface area contributed by atoms with Crippen LogP contribution in [-0.4, -0.2) is 0 Å². The number of fused-ring (bicyclic) bond motifs is 6. The summed E-state index contributed by atoms with van der Waals surface area (Å²) in [6.45, 7) is 0. The molecular formula is C48H31NS2. The van der Waals surface area contributed by atoms with Crippen molar-refractivity contribution in [2.24, 2.45) is 0 Å². The molecule has 10 aromatic rings. The molecule has 0 aliphatic rings. The molecule has 0 fully saturated rings. The molecule has 1 nitrogen and oxygen atoms in total. The van der Waals surface area contributed by atoms with E-state index in [2.05, 4.69) is 102 Å². The highest BCUT2D eigenvalue weighted by Crippen LogP contribution is 2.48. The standard InChI is InChI=1S/C48H31NS2/c1-3-11-32(12-4-1)33-19-24-37(25-20-33)49(38-26-21-34(22-27-38)36-23-28-41-40-15-7-9-17-44(40)50-46(41)31-36)43-30-29-39(35-13-5-2-6-14-35)47-42-16-8-10-18-45(42)51-48(43)47/h1-31H/i7D,9D,15D,17D,23D,28D,31D. The van der Waals surface area contributed by atoms with E-state index in [0.717, 1.165) is 55.4 Å². The van der Waals surface area contributed by atoms with Crippen LogP contribution < -0.4 is 4.90 Å². The van der Waals surface area contributed by atoms with Gasteiger partial charge in [0.15, 0.2) is 0 Å². The number of thiophene rings is 2. The van der Waals surface area contributed by atoms with Crippen molar-refractivity contribution in [2.75, 3.05) is 4.90 Å². The van der Waals surface area contributed by atoms with Crippen molar-refractivity contribution in [3.63, 3.8) is 0 Å². The van der Waals surface area contributed by atoms with Crippen LogP contribution in [0.3, 0.4) is 0 Å². The Morgan fingerprint density at radius 1 is 0.412 bits per heavy atom. The summed E-state index contributed by atoms with van der Waals surface area (Å²) in [5, 5.41) is 2.80. The first-order valence-electron chi connectivity index (χ1n) is 20.2. The molecule has 0 N–H and O–H groups in total. The number of nitrogens with zero attached hydrogens (tertiary/aromatic N) is 1. The molecular weight excluding hydrogens is 655 g/mol. The van der Waals surface area contributed by atoms with Crippen LogP contribution in [0, 0.1) is 0 Å². The van der Waals surface area contributed by atoms with Gasteiger partial charge in [-0.05, 0) is 81.9 Å². The summed E-state index contributed by atoms with van der Waals surface area (Å²) in [7, 11) is 0. The fourth-order valence-corrected chi connectivity index (χ4v) is 9.13. The quantitative estimate of drug-likeness (QED) is 0.168. The Morgan fingerprint density at radius 3 is 1.76 bits per heavy atom. The summed E-state index contributed by atoms with van der Waals surface area (Å²) >= 11 is 2.84. The van der Waals surface area contributed by atoms with Gasteiger partial charge in [-0.25, -0.2) is 0 Å². The normalized spacial score (nSPS) is 13.5. The third kappa shape index (κ3) is 5.21. The maximum Gasteiger partial charge on any atom is 0.0644 e. The molecule has 0 atom stereocenters. The molecule has 0 saturated heterocycles. The van der Waals surface area contributed by atoms with Crippen molar-refractivity contribution in [1.82, 2.24) is 0 Å². The van der Waals surface area contributed by atoms with Gasteiger partial charge < -0.3 is 4.90 Å². The minimum absolute atomic E-state index is 0.0265. The molecule has 0 bridgehead atoms. The zero-order valence-corrected chi connectivity index (χ0v) is 28.8. The van der Waals surface area contributed by atoms with Crippen molar-refractivity contribution in [2.45, 2.75) is 0 Å². The molecule has 240 valence electrons. The third-order valence-electron chi connectivity index (χ3n) is 9.36. The summed E-state index contributed by atoms with van der Waals surface area (Å²) in [6, 6.07) is 48.5. The lowest BCUT2D eigenvalue weighted by molar-refractivity contribution is 1.30. The molecule has 0 aliphatic carbocycles. The van der Waals surface area contributed by atoms with Crippen molar-refractivity contribution < 1.29 is 9.60 Å². The highest BCUT2D eigenvalue weighted by atomic mass is 32.1. The first-order valence-corrected chi connectivity index (χ1v) is 18.3. The van der Waals surface area contributed by atoms with E-state index >= 15 is 0 Å². The van der Waals surface area contributed by atoms with Gasteiger partial charge in [-0.2, -0.15) is 0 Å². The van der Waals surface area contributed by atoms with Crippen LogP contribution in [0.5, 0.6) is 0 Å². The zero-order chi connectivity index (χ0) is 39.8. The molecule has 0 aliphatic heterocycles. The predicted molar refractivity (Wildman–Crippen MR) is 223 cm³/mol. The molecule has 0 radical (unpaired) electrons. The van der Waals surface area contributed by atoms with E-state index < -0.39 is 6.04 Å². The Kier molecular flexibility index (Phi) is 5.69. The molecule has 3 heteroatoms. The monoisotopic (exact) mass is 692 g/mol. The van der Waals surface area contributed by atoms with Crippen LogP contribution in [0.15, 0.2) is 188 Å². The van der Waals surface area contributed by atoms with Gasteiger partial charge in [-0.3, -0.25) is 0 Å². The molecule has 2 aromatic heterocycles. The third-order valence-corrected chi connectivity index (χ3v) is 11.6. The Labute approximate surface area is 314 Å². The molecule has 0 spiro atoms. The van der Waals surface area contributed by atoms with Gasteiger partial charge in [0.1, 0.15) is 0 Å². The molecule has 51 heavy (non-hydrogen) atoms. The van der Waals surface area contributed by atoms with Crippen molar-refractivity contribution >= 4 is 80.1 Å². The second-order valence-corrected chi connectivity index (χ2v) is 14.4. The fraction of sp³-hybridized carbons (Fsp3) is 0. The highest BCUT2D eigenvalue weighted by Gasteiger charge is 2.21. The summed E-state index contributed by atoms with van der Waals surface area (Å²) < 4.78 is 64.0. The second kappa shape index (κ2) is 12.4. The Morgan fingerprint density at radius 2 is 1.02 bits per heavy atom. The minimum atomic E-state index is -0.392. The fourth-order valence-electron chi connectivity index (χ4n) is 6.93. The Hall–Kier alpha value is -6.00. The number of rotatable bonds is 6. The van der Waals surface area contributed by atoms with Crippen LogP contribution in [0.2, 0.25) is 0 Å². The van der Waals surface area contributed by atoms with Crippen molar-refractivity contribution in [3.8, 4) is 33.4 Å². The predicted octanol–water partition coefficient (Wildman–Crippen LogP) is 14.9. The number of hydrogen-bond donors (Lipinski definition) is 0. The lowest BCUT2D eigenvalue weighted by Crippen LogP contribution is -2.10. The summed E-state index contributed by atoms with van der Waals surface area (Å²) in [5.74, 6) is 0. The molecule has 10 rings (SSSR count). The minimum Gasteiger partial charge on any atom is -0.309 e. The van der Waals surface area contributed by atoms with Crippen molar-refractivity contribution in [3.05, 3.63) is 188 Å². The van der Waals surface area contributed by atoms with Gasteiger partial charge in [0.25, 0.3) is 0 Å². The summed E-state index contributed by atoms with van der Waals surface area (Å²) in [5.41, 5.74) is 8.26. The number of hydrogen-bond acceptors (Lipinski definition) is 3. The van der Waals surface area contributed by atoms with Gasteiger partial charge in [0, 0.05) is 47.0 Å². The van der Waals surface area contributed by atoms with Crippen LogP contribution in [0.4, 0.5) is 17.1 Å². The van der Waals surface area contributed by atoms with Gasteiger partial charge in [-0.1, -0.05) is 139 Å². The van der Waals surface area contributed by atoms with E-state index in [1.54, 1.807) is 11.3 Å². The average Bonchev–Trinajstić information content (AvgIpc) is 3.87. The molecule has 0 saturated carbocycles. The van der Waals surface area contributed by atoms with Gasteiger partial charge in [0.2, 0.25) is 0 Å². The Bertz CT molecular complexity index is 3230. The van der Waals surface area contributed by atoms with E-state index in [0.29, 0.717) is 10.3 Å². The molecule has 0 unspecified atom stereocenters. The largest absolute Gasteiger partial charge is 0.309 e. The number of anilines is 3. The van der Waals surface area contributed by atoms with Crippen molar-refractivity contribution in [1.29, 1.82) is 0 Å². The van der Waals surface area contributed by atoms with Crippen LogP contribution in [0.1, 0.15) is 9.60 Å². The van der Waals surface area contributed by atoms with Crippen LogP contribution >= 0.6 is 22.7 Å². The topological polar surface area (TPSA) is 3.24 Å². The summed E-state index contributed by atoms with van der Waals surface area (Å²) in [4.78, 5) is 2.25. The lowest BCUT2D eigenvalue weighted by Gasteiger charge is -2.27. The second-order valence-electron chi connectivity index (χ2n) is 12.4. The smallest absolute Gasteiger partial charge is 0.0644 e. The number of benzene rings is 8. The van der Waals surface area contributed by atoms with E-state index in [1.807, 2.05) is 48.5 Å². The Balaban J connectivity index is 1.16. The first-order chi connectivity index (χ1) is 28.2. The molecule has 0 amide bonds. The van der Waals surface area contributed by atoms with E-state index in [9.17, 15) is 1.37 Å². The molecule has 2 heterocycles. The van der Waals surface area contributed by atoms with E-state index in [4.69, 9.17) is 8.22 Å². The van der Waals surface area contributed by atoms with Crippen LogP contribution in [0.25, 0.3) is 73.7 Å². The maximum atomic E-state index is 9.31. The van der Waals surface area contributed by atoms with Gasteiger partial charge in [-0.15, -0.1) is 22.7 Å². The van der Waals surface area contributed by atoms with Gasteiger partial charge >= 0.3 is 0 Å². The summed E-state index contributed by atoms with van der Waals surface area (Å²) in [6.07, 6.45) is 0. The van der Waals surface area contributed by atoms with Gasteiger partial charge in [0.05, 0.1) is 20.0 Å². The first kappa shape index (κ1) is 23.4. The zero-order valence-electron chi connectivity index (χ0n) is 34.1. The highest BCUT2D eigenvalue weighted by molar-refractivity contribution is 7.26.